The number of aromatic nitrogens is 2. The molecule has 1 aliphatic rings. The number of thiophene rings is 1. The number of halogens is 1. The predicted molar refractivity (Wildman–Crippen MR) is 183 cm³/mol. The Bertz CT molecular complexity index is 1930. The van der Waals surface area contributed by atoms with Crippen LogP contribution in [0.3, 0.4) is 0 Å². The zero-order valence-corrected chi connectivity index (χ0v) is 26.8. The standard InChI is InChI=1S/C37H35ClN4OS/c1-37(2,3)29-13-8-26(9-14-29)36(43)41-20-18-40(19-21-41)24-31-35(25-10-15-30(38)16-11-25)39-34-17-12-28(23-42(31)34)33-22-27-6-4-5-7-32(27)44-33/h4-17,22-23H,18-21,24H2,1-3H3. The number of nitrogens with zero attached hydrogens (tertiary/aromatic N) is 4. The maximum atomic E-state index is 13.3. The van der Waals surface area contributed by atoms with Crippen LogP contribution >= 0.6 is 22.9 Å². The maximum Gasteiger partial charge on any atom is 0.253 e. The summed E-state index contributed by atoms with van der Waals surface area (Å²) in [6.07, 6.45) is 2.23. The molecule has 1 aliphatic heterocycles. The number of piperazine rings is 1. The van der Waals surface area contributed by atoms with Crippen LogP contribution in [0.1, 0.15) is 42.4 Å². The Morgan fingerprint density at radius 1 is 0.864 bits per heavy atom. The molecular weight excluding hydrogens is 584 g/mol. The van der Waals surface area contributed by atoms with Crippen LogP contribution < -0.4 is 0 Å². The summed E-state index contributed by atoms with van der Waals surface area (Å²) in [7, 11) is 0. The van der Waals surface area contributed by atoms with E-state index in [0.29, 0.717) is 18.1 Å². The van der Waals surface area contributed by atoms with Gasteiger partial charge in [0.2, 0.25) is 0 Å². The van der Waals surface area contributed by atoms with Crippen LogP contribution in [-0.4, -0.2) is 51.3 Å². The summed E-state index contributed by atoms with van der Waals surface area (Å²) in [5.74, 6) is 0.106. The second-order valence-corrected chi connectivity index (χ2v) is 14.1. The third-order valence-electron chi connectivity index (χ3n) is 8.58. The molecule has 0 radical (unpaired) electrons. The van der Waals surface area contributed by atoms with E-state index in [2.05, 4.69) is 90.9 Å². The Hall–Kier alpha value is -3.97. The highest BCUT2D eigenvalue weighted by atomic mass is 35.5. The van der Waals surface area contributed by atoms with E-state index in [1.807, 2.05) is 52.6 Å². The Kier molecular flexibility index (Phi) is 7.53. The van der Waals surface area contributed by atoms with Crippen LogP contribution in [0.4, 0.5) is 0 Å². The van der Waals surface area contributed by atoms with Crippen molar-refractivity contribution in [2.75, 3.05) is 26.2 Å². The van der Waals surface area contributed by atoms with Gasteiger partial charge in [-0.05, 0) is 64.9 Å². The predicted octanol–water partition coefficient (Wildman–Crippen LogP) is 8.79. The molecule has 0 atom stereocenters. The quantitative estimate of drug-likeness (QED) is 0.194. The Morgan fingerprint density at radius 3 is 2.27 bits per heavy atom. The molecule has 5 nitrogen and oxygen atoms in total. The summed E-state index contributed by atoms with van der Waals surface area (Å²) in [4.78, 5) is 24.1. The summed E-state index contributed by atoms with van der Waals surface area (Å²) in [6, 6.07) is 31.1. The first-order chi connectivity index (χ1) is 21.2. The van der Waals surface area contributed by atoms with E-state index >= 15 is 0 Å². The normalized spacial score (nSPS) is 14.5. The SMILES string of the molecule is CC(C)(C)c1ccc(C(=O)N2CCN(Cc3c(-c4ccc(Cl)cc4)nc4ccc(-c5cc6ccccc6s5)cn34)CC2)cc1. The number of pyridine rings is 1. The van der Waals surface area contributed by atoms with E-state index in [0.717, 1.165) is 47.8 Å². The van der Waals surface area contributed by atoms with E-state index in [1.165, 1.54) is 26.1 Å². The van der Waals surface area contributed by atoms with Crippen LogP contribution in [0.15, 0.2) is 97.2 Å². The molecule has 4 heterocycles. The van der Waals surface area contributed by atoms with Gasteiger partial charge < -0.3 is 9.30 Å². The van der Waals surface area contributed by atoms with Gasteiger partial charge in [0.1, 0.15) is 5.65 Å². The molecule has 0 unspecified atom stereocenters. The van der Waals surface area contributed by atoms with Crippen molar-refractivity contribution in [3.8, 4) is 21.7 Å². The Balaban J connectivity index is 1.16. The van der Waals surface area contributed by atoms with E-state index < -0.39 is 0 Å². The fourth-order valence-electron chi connectivity index (χ4n) is 5.97. The number of rotatable bonds is 5. The summed E-state index contributed by atoms with van der Waals surface area (Å²) in [5, 5.41) is 1.97. The molecule has 0 aliphatic carbocycles. The molecule has 0 bridgehead atoms. The molecule has 7 heteroatoms. The first kappa shape index (κ1) is 28.8. The molecule has 1 fully saturated rings. The molecule has 7 rings (SSSR count). The van der Waals surface area contributed by atoms with Gasteiger partial charge in [0.15, 0.2) is 0 Å². The topological polar surface area (TPSA) is 40.9 Å². The van der Waals surface area contributed by atoms with Crippen LogP contribution in [0.5, 0.6) is 0 Å². The van der Waals surface area contributed by atoms with Crippen LogP contribution in [0.25, 0.3) is 37.4 Å². The smallest absolute Gasteiger partial charge is 0.253 e. The molecule has 0 spiro atoms. The maximum absolute atomic E-state index is 13.3. The molecule has 44 heavy (non-hydrogen) atoms. The number of benzene rings is 3. The van der Waals surface area contributed by atoms with Crippen molar-refractivity contribution >= 4 is 44.6 Å². The van der Waals surface area contributed by atoms with Crippen molar-refractivity contribution in [2.24, 2.45) is 0 Å². The largest absolute Gasteiger partial charge is 0.336 e. The zero-order chi connectivity index (χ0) is 30.4. The minimum absolute atomic E-state index is 0.0640. The van der Waals surface area contributed by atoms with Crippen LogP contribution in [-0.2, 0) is 12.0 Å². The lowest BCUT2D eigenvalue weighted by Crippen LogP contribution is -2.48. The minimum atomic E-state index is 0.0640. The summed E-state index contributed by atoms with van der Waals surface area (Å²) in [6.45, 7) is 10.3. The minimum Gasteiger partial charge on any atom is -0.336 e. The fourth-order valence-corrected chi connectivity index (χ4v) is 7.15. The van der Waals surface area contributed by atoms with Gasteiger partial charge in [-0.15, -0.1) is 11.3 Å². The average Bonchev–Trinajstić information content (AvgIpc) is 3.63. The summed E-state index contributed by atoms with van der Waals surface area (Å²) < 4.78 is 3.53. The van der Waals surface area contributed by atoms with Crippen molar-refractivity contribution in [1.29, 1.82) is 0 Å². The van der Waals surface area contributed by atoms with E-state index in [-0.39, 0.29) is 11.3 Å². The van der Waals surface area contributed by atoms with E-state index in [9.17, 15) is 4.79 Å². The number of hydrogen-bond acceptors (Lipinski definition) is 4. The summed E-state index contributed by atoms with van der Waals surface area (Å²) >= 11 is 8.05. The molecular formula is C37H35ClN4OS. The highest BCUT2D eigenvalue weighted by molar-refractivity contribution is 7.22. The second kappa shape index (κ2) is 11.5. The molecule has 222 valence electrons. The lowest BCUT2D eigenvalue weighted by Gasteiger charge is -2.35. The van der Waals surface area contributed by atoms with Crippen molar-refractivity contribution < 1.29 is 4.79 Å². The first-order valence-corrected chi connectivity index (χ1v) is 16.3. The molecule has 3 aromatic heterocycles. The van der Waals surface area contributed by atoms with Crippen molar-refractivity contribution in [2.45, 2.75) is 32.7 Å². The molecule has 1 saturated heterocycles. The van der Waals surface area contributed by atoms with Gasteiger partial charge in [-0.1, -0.05) is 74.8 Å². The highest BCUT2D eigenvalue weighted by Crippen LogP contribution is 2.35. The number of amides is 1. The van der Waals surface area contributed by atoms with E-state index in [1.54, 1.807) is 0 Å². The lowest BCUT2D eigenvalue weighted by atomic mass is 9.86. The number of carbonyl (C=O) groups is 1. The van der Waals surface area contributed by atoms with Crippen LogP contribution in [0, 0.1) is 0 Å². The van der Waals surface area contributed by atoms with Gasteiger partial charge in [-0.3, -0.25) is 9.69 Å². The highest BCUT2D eigenvalue weighted by Gasteiger charge is 2.25. The van der Waals surface area contributed by atoms with Crippen molar-refractivity contribution in [3.63, 3.8) is 0 Å². The third-order valence-corrected chi connectivity index (χ3v) is 9.99. The zero-order valence-electron chi connectivity index (χ0n) is 25.3. The molecule has 0 saturated carbocycles. The van der Waals surface area contributed by atoms with Gasteiger partial charge in [0.05, 0.1) is 11.4 Å². The summed E-state index contributed by atoms with van der Waals surface area (Å²) in [5.41, 5.74) is 7.30. The Labute approximate surface area is 267 Å². The van der Waals surface area contributed by atoms with Gasteiger partial charge in [0, 0.05) is 70.2 Å². The third kappa shape index (κ3) is 5.65. The van der Waals surface area contributed by atoms with Gasteiger partial charge in [0.25, 0.3) is 5.91 Å². The van der Waals surface area contributed by atoms with Crippen molar-refractivity contribution in [3.05, 3.63) is 119 Å². The molecule has 1 amide bonds. The van der Waals surface area contributed by atoms with Gasteiger partial charge in [-0.2, -0.15) is 0 Å². The molecule has 6 aromatic rings. The van der Waals surface area contributed by atoms with Crippen molar-refractivity contribution in [1.82, 2.24) is 19.2 Å². The first-order valence-electron chi connectivity index (χ1n) is 15.1. The number of hydrogen-bond donors (Lipinski definition) is 0. The number of carbonyl (C=O) groups excluding carboxylic acids is 1. The van der Waals surface area contributed by atoms with Gasteiger partial charge in [-0.25, -0.2) is 4.98 Å². The lowest BCUT2D eigenvalue weighted by molar-refractivity contribution is 0.0627. The van der Waals surface area contributed by atoms with E-state index in [4.69, 9.17) is 16.6 Å². The number of fused-ring (bicyclic) bond motifs is 2. The van der Waals surface area contributed by atoms with Gasteiger partial charge >= 0.3 is 0 Å². The molecule has 3 aromatic carbocycles. The fraction of sp³-hybridized carbons (Fsp3) is 0.243. The average molecular weight is 619 g/mol. The Morgan fingerprint density at radius 2 is 1.57 bits per heavy atom. The van der Waals surface area contributed by atoms with Crippen LogP contribution in [0.2, 0.25) is 5.02 Å². The second-order valence-electron chi connectivity index (χ2n) is 12.6. The monoisotopic (exact) mass is 618 g/mol. The molecule has 0 N–H and O–H groups in total. The number of imidazole rings is 1.